The van der Waals surface area contributed by atoms with Crippen LogP contribution in [0.3, 0.4) is 0 Å². The van der Waals surface area contributed by atoms with Gasteiger partial charge in [-0.2, -0.15) is 0 Å². The van der Waals surface area contributed by atoms with Gasteiger partial charge in [-0.3, -0.25) is 19.2 Å². The van der Waals surface area contributed by atoms with Crippen LogP contribution in [0.2, 0.25) is 0 Å². The largest absolute Gasteiger partial charge is 0.508 e. The molecule has 0 radical (unpaired) electrons. The molecule has 3 rings (SSSR count). The van der Waals surface area contributed by atoms with Crippen LogP contribution in [0, 0.1) is 0 Å². The summed E-state index contributed by atoms with van der Waals surface area (Å²) in [6.07, 6.45) is -0.797. The molecule has 0 saturated heterocycles. The van der Waals surface area contributed by atoms with E-state index in [1.807, 2.05) is 18.2 Å². The van der Waals surface area contributed by atoms with Crippen molar-refractivity contribution in [3.63, 3.8) is 0 Å². The minimum Gasteiger partial charge on any atom is -0.508 e. The lowest BCUT2D eigenvalue weighted by Gasteiger charge is -2.25. The summed E-state index contributed by atoms with van der Waals surface area (Å²) in [5.41, 5.74) is 8.09. The first-order valence-electron chi connectivity index (χ1n) is 13.5. The van der Waals surface area contributed by atoms with Gasteiger partial charge in [0.25, 0.3) is 0 Å². The molecule has 0 saturated carbocycles. The molecule has 0 bridgehead atoms. The van der Waals surface area contributed by atoms with Crippen molar-refractivity contribution in [3.8, 4) is 5.75 Å². The maximum Gasteiger partial charge on any atom is 0.326 e. The zero-order valence-corrected chi connectivity index (χ0v) is 23.2. The van der Waals surface area contributed by atoms with E-state index < -0.39 is 60.2 Å². The number of amides is 3. The molecule has 8 N–H and O–H groups in total. The second kappa shape index (κ2) is 15.7. The molecular formula is C31H34N4O8. The highest BCUT2D eigenvalue weighted by molar-refractivity contribution is 5.95. The van der Waals surface area contributed by atoms with Crippen LogP contribution in [0.1, 0.15) is 23.1 Å². The molecule has 0 fully saturated rings. The number of hydrogen-bond donors (Lipinski definition) is 7. The Bertz CT molecular complexity index is 1400. The maximum atomic E-state index is 13.4. The van der Waals surface area contributed by atoms with Crippen molar-refractivity contribution in [2.45, 2.75) is 49.9 Å². The molecule has 226 valence electrons. The van der Waals surface area contributed by atoms with Gasteiger partial charge >= 0.3 is 11.9 Å². The molecule has 43 heavy (non-hydrogen) atoms. The molecule has 0 aliphatic rings. The van der Waals surface area contributed by atoms with Crippen LogP contribution in [-0.2, 0) is 43.2 Å². The Morgan fingerprint density at radius 2 is 1.02 bits per heavy atom. The summed E-state index contributed by atoms with van der Waals surface area (Å²) in [4.78, 5) is 63.0. The standard InChI is InChI=1S/C31H34N4O8/c32-23(15-19-7-3-1-4-8-19)28(39)33-24(16-20-9-5-2-6-10-20)29(40)34-25(18-27(37)38)30(41)35-26(31(42)43)17-21-11-13-22(36)14-12-21/h1-14,23-26,36H,15-18,32H2,(H,33,39)(H,34,40)(H,35,41)(H,37,38)(H,42,43)/t23-,24-,25-,26-/m0/s1. The van der Waals surface area contributed by atoms with Gasteiger partial charge in [0.05, 0.1) is 12.5 Å². The second-order valence-corrected chi connectivity index (χ2v) is 9.98. The Kier molecular flexibility index (Phi) is 11.8. The van der Waals surface area contributed by atoms with Gasteiger partial charge in [-0.15, -0.1) is 0 Å². The van der Waals surface area contributed by atoms with E-state index in [9.17, 15) is 39.3 Å². The Hall–Kier alpha value is -5.23. The lowest BCUT2D eigenvalue weighted by atomic mass is 10.0. The molecule has 0 aliphatic heterocycles. The Balaban J connectivity index is 1.76. The molecule has 0 unspecified atom stereocenters. The van der Waals surface area contributed by atoms with Gasteiger partial charge in [-0.25, -0.2) is 4.79 Å². The number of carboxylic acids is 2. The molecule has 12 heteroatoms. The number of carboxylic acid groups (broad SMARTS) is 2. The zero-order chi connectivity index (χ0) is 31.4. The first-order valence-corrected chi connectivity index (χ1v) is 13.5. The van der Waals surface area contributed by atoms with Gasteiger partial charge in [-0.05, 0) is 35.2 Å². The van der Waals surface area contributed by atoms with Crippen LogP contribution < -0.4 is 21.7 Å². The van der Waals surface area contributed by atoms with E-state index in [4.69, 9.17) is 5.73 Å². The predicted molar refractivity (Wildman–Crippen MR) is 156 cm³/mol. The molecule has 3 amide bonds. The molecule has 3 aromatic rings. The van der Waals surface area contributed by atoms with Crippen molar-refractivity contribution >= 4 is 29.7 Å². The number of hydrogen-bond acceptors (Lipinski definition) is 7. The SMILES string of the molecule is N[C@@H](Cc1ccccc1)C(=O)N[C@@H](Cc1ccccc1)C(=O)N[C@@H](CC(=O)O)C(=O)N[C@@H](Cc1ccc(O)cc1)C(=O)O. The number of nitrogens with two attached hydrogens (primary N) is 1. The topological polar surface area (TPSA) is 208 Å². The number of rotatable bonds is 15. The number of benzene rings is 3. The minimum absolute atomic E-state index is 0.0104. The van der Waals surface area contributed by atoms with Gasteiger partial charge in [0, 0.05) is 12.8 Å². The van der Waals surface area contributed by atoms with E-state index in [0.29, 0.717) is 11.1 Å². The van der Waals surface area contributed by atoms with Crippen LogP contribution >= 0.6 is 0 Å². The van der Waals surface area contributed by atoms with Crippen LogP contribution in [0.15, 0.2) is 84.9 Å². The average Bonchev–Trinajstić information content (AvgIpc) is 2.97. The van der Waals surface area contributed by atoms with Crippen LogP contribution in [0.5, 0.6) is 5.75 Å². The zero-order valence-electron chi connectivity index (χ0n) is 23.2. The first-order chi connectivity index (χ1) is 20.5. The summed E-state index contributed by atoms with van der Waals surface area (Å²) in [6, 6.07) is 18.1. The van der Waals surface area contributed by atoms with Crippen molar-refractivity contribution in [2.24, 2.45) is 5.73 Å². The monoisotopic (exact) mass is 590 g/mol. The summed E-state index contributed by atoms with van der Waals surface area (Å²) >= 11 is 0. The van der Waals surface area contributed by atoms with Crippen molar-refractivity contribution < 1.29 is 39.3 Å². The third-order valence-corrected chi connectivity index (χ3v) is 6.55. The van der Waals surface area contributed by atoms with Gasteiger partial charge in [-0.1, -0.05) is 72.8 Å². The highest BCUT2D eigenvalue weighted by atomic mass is 16.4. The number of carbonyl (C=O) groups excluding carboxylic acids is 3. The molecule has 3 aromatic carbocycles. The van der Waals surface area contributed by atoms with Gasteiger partial charge < -0.3 is 37.0 Å². The lowest BCUT2D eigenvalue weighted by molar-refractivity contribution is -0.143. The van der Waals surface area contributed by atoms with Crippen molar-refractivity contribution in [1.29, 1.82) is 0 Å². The van der Waals surface area contributed by atoms with Crippen LogP contribution in [-0.4, -0.2) is 69.1 Å². The van der Waals surface area contributed by atoms with Crippen molar-refractivity contribution in [3.05, 3.63) is 102 Å². The van der Waals surface area contributed by atoms with Crippen molar-refractivity contribution in [2.75, 3.05) is 0 Å². The first kappa shape index (κ1) is 32.3. The lowest BCUT2D eigenvalue weighted by Crippen LogP contribution is -2.58. The smallest absolute Gasteiger partial charge is 0.326 e. The third-order valence-electron chi connectivity index (χ3n) is 6.55. The summed E-state index contributed by atoms with van der Waals surface area (Å²) in [7, 11) is 0. The molecule has 0 spiro atoms. The van der Waals surface area contributed by atoms with Gasteiger partial charge in [0.2, 0.25) is 17.7 Å². The molecule has 12 nitrogen and oxygen atoms in total. The molecule has 0 heterocycles. The van der Waals surface area contributed by atoms with Gasteiger partial charge in [0.15, 0.2) is 0 Å². The Morgan fingerprint density at radius 3 is 1.56 bits per heavy atom. The van der Waals surface area contributed by atoms with Crippen molar-refractivity contribution in [1.82, 2.24) is 16.0 Å². The highest BCUT2D eigenvalue weighted by Gasteiger charge is 2.32. The summed E-state index contributed by atoms with van der Waals surface area (Å²) < 4.78 is 0. The van der Waals surface area contributed by atoms with E-state index >= 15 is 0 Å². The average molecular weight is 591 g/mol. The van der Waals surface area contributed by atoms with Gasteiger partial charge in [0.1, 0.15) is 23.9 Å². The Labute approximate surface area is 247 Å². The second-order valence-electron chi connectivity index (χ2n) is 9.98. The molecule has 4 atom stereocenters. The number of nitrogens with one attached hydrogen (secondary N) is 3. The van der Waals surface area contributed by atoms with E-state index in [1.54, 1.807) is 42.5 Å². The normalized spacial score (nSPS) is 13.5. The van der Waals surface area contributed by atoms with Crippen LogP contribution in [0.25, 0.3) is 0 Å². The fourth-order valence-electron chi connectivity index (χ4n) is 4.29. The Morgan fingerprint density at radius 1 is 0.581 bits per heavy atom. The highest BCUT2D eigenvalue weighted by Crippen LogP contribution is 2.12. The summed E-state index contributed by atoms with van der Waals surface area (Å²) in [5, 5.41) is 35.8. The predicted octanol–water partition coefficient (Wildman–Crippen LogP) is 0.761. The summed E-state index contributed by atoms with van der Waals surface area (Å²) in [5.74, 6) is -5.34. The molecule has 0 aromatic heterocycles. The van der Waals surface area contributed by atoms with E-state index in [2.05, 4.69) is 16.0 Å². The summed E-state index contributed by atoms with van der Waals surface area (Å²) in [6.45, 7) is 0. The van der Waals surface area contributed by atoms with E-state index in [-0.39, 0.29) is 25.0 Å². The van der Waals surface area contributed by atoms with E-state index in [0.717, 1.165) is 5.56 Å². The number of aliphatic carboxylic acids is 2. The minimum atomic E-state index is -1.65. The maximum absolute atomic E-state index is 13.4. The number of aromatic hydroxyl groups is 1. The third kappa shape index (κ3) is 10.6. The fourth-order valence-corrected chi connectivity index (χ4v) is 4.29. The number of phenols is 1. The number of phenolic OH excluding ortho intramolecular Hbond substituents is 1. The fraction of sp³-hybridized carbons (Fsp3) is 0.258. The molecule has 0 aliphatic carbocycles. The molecular weight excluding hydrogens is 556 g/mol. The van der Waals surface area contributed by atoms with Crippen LogP contribution in [0.4, 0.5) is 0 Å². The van der Waals surface area contributed by atoms with E-state index in [1.165, 1.54) is 24.3 Å². The quantitative estimate of drug-likeness (QED) is 0.133. The number of carbonyl (C=O) groups is 5.